The van der Waals surface area contributed by atoms with Crippen molar-refractivity contribution in [2.45, 2.75) is 6.54 Å². The number of anilines is 1. The van der Waals surface area contributed by atoms with E-state index in [1.54, 1.807) is 29.5 Å². The van der Waals surface area contributed by atoms with Crippen LogP contribution in [-0.2, 0) is 6.54 Å². The molecule has 0 saturated carbocycles. The molecule has 0 spiro atoms. The SMILES string of the molecule is Nc1ccc(Br)c(C(=O)NCc2cc(Br)cs2)c1. The zero-order chi connectivity index (χ0) is 13.1. The zero-order valence-corrected chi connectivity index (χ0v) is 13.2. The van der Waals surface area contributed by atoms with Gasteiger partial charge in [0.25, 0.3) is 5.91 Å². The first-order valence-corrected chi connectivity index (χ1v) is 7.59. The molecule has 0 atom stereocenters. The van der Waals surface area contributed by atoms with Gasteiger partial charge in [-0.3, -0.25) is 4.79 Å². The van der Waals surface area contributed by atoms with Crippen LogP contribution in [0.15, 0.2) is 38.6 Å². The van der Waals surface area contributed by atoms with E-state index in [1.807, 2.05) is 11.4 Å². The number of carbonyl (C=O) groups is 1. The molecule has 0 radical (unpaired) electrons. The van der Waals surface area contributed by atoms with Crippen LogP contribution < -0.4 is 11.1 Å². The molecule has 6 heteroatoms. The van der Waals surface area contributed by atoms with Crippen LogP contribution in [0, 0.1) is 0 Å². The van der Waals surface area contributed by atoms with Gasteiger partial charge < -0.3 is 11.1 Å². The third-order valence-electron chi connectivity index (χ3n) is 2.28. The molecule has 1 amide bonds. The van der Waals surface area contributed by atoms with Crippen LogP contribution in [0.2, 0.25) is 0 Å². The van der Waals surface area contributed by atoms with Crippen molar-refractivity contribution in [3.05, 3.63) is 49.0 Å². The highest BCUT2D eigenvalue weighted by atomic mass is 79.9. The summed E-state index contributed by atoms with van der Waals surface area (Å²) < 4.78 is 1.77. The molecular formula is C12H10Br2N2OS. The normalized spacial score (nSPS) is 10.3. The van der Waals surface area contributed by atoms with Gasteiger partial charge in [-0.2, -0.15) is 0 Å². The molecule has 0 saturated heterocycles. The number of nitrogens with two attached hydrogens (primary N) is 1. The van der Waals surface area contributed by atoms with Crippen molar-refractivity contribution in [2.24, 2.45) is 0 Å². The van der Waals surface area contributed by atoms with Crippen molar-refractivity contribution < 1.29 is 4.79 Å². The first-order valence-electron chi connectivity index (χ1n) is 5.12. The summed E-state index contributed by atoms with van der Waals surface area (Å²) in [5.74, 6) is -0.140. The minimum absolute atomic E-state index is 0.140. The fraction of sp³-hybridized carbons (Fsp3) is 0.0833. The van der Waals surface area contributed by atoms with Crippen LogP contribution in [0.3, 0.4) is 0 Å². The Balaban J connectivity index is 2.05. The standard InChI is InChI=1S/C12H10Br2N2OS/c13-7-3-9(18-6-7)5-16-12(17)10-4-8(15)1-2-11(10)14/h1-4,6H,5,15H2,(H,16,17). The Morgan fingerprint density at radius 3 is 2.78 bits per heavy atom. The molecule has 18 heavy (non-hydrogen) atoms. The summed E-state index contributed by atoms with van der Waals surface area (Å²) in [6, 6.07) is 7.16. The highest BCUT2D eigenvalue weighted by Gasteiger charge is 2.10. The molecule has 0 fully saturated rings. The lowest BCUT2D eigenvalue weighted by atomic mass is 10.2. The summed E-state index contributed by atoms with van der Waals surface area (Å²) >= 11 is 8.32. The van der Waals surface area contributed by atoms with Crippen molar-refractivity contribution in [1.29, 1.82) is 0 Å². The van der Waals surface area contributed by atoms with Crippen LogP contribution >= 0.6 is 43.2 Å². The predicted octanol–water partition coefficient (Wildman–Crippen LogP) is 3.79. The molecule has 94 valence electrons. The lowest BCUT2D eigenvalue weighted by Crippen LogP contribution is -2.22. The zero-order valence-electron chi connectivity index (χ0n) is 9.24. The quantitative estimate of drug-likeness (QED) is 0.784. The Morgan fingerprint density at radius 2 is 2.11 bits per heavy atom. The number of hydrogen-bond donors (Lipinski definition) is 2. The molecule has 0 unspecified atom stereocenters. The maximum absolute atomic E-state index is 12.0. The van der Waals surface area contributed by atoms with Crippen LogP contribution in [0.5, 0.6) is 0 Å². The lowest BCUT2D eigenvalue weighted by molar-refractivity contribution is 0.0950. The summed E-state index contributed by atoms with van der Waals surface area (Å²) in [4.78, 5) is 13.1. The van der Waals surface area contributed by atoms with Gasteiger partial charge in [-0.05, 0) is 56.1 Å². The number of halogens is 2. The molecule has 1 aromatic carbocycles. The second-order valence-corrected chi connectivity index (χ2v) is 6.42. The van der Waals surface area contributed by atoms with Gasteiger partial charge in [0.2, 0.25) is 0 Å². The number of nitrogens with one attached hydrogen (secondary N) is 1. The summed E-state index contributed by atoms with van der Waals surface area (Å²) in [6.07, 6.45) is 0. The minimum Gasteiger partial charge on any atom is -0.399 e. The Hall–Kier alpha value is -0.850. The van der Waals surface area contributed by atoms with Crippen LogP contribution in [-0.4, -0.2) is 5.91 Å². The van der Waals surface area contributed by atoms with Gasteiger partial charge >= 0.3 is 0 Å². The summed E-state index contributed by atoms with van der Waals surface area (Å²) in [5.41, 5.74) is 6.79. The van der Waals surface area contributed by atoms with E-state index in [9.17, 15) is 4.79 Å². The van der Waals surface area contributed by atoms with Crippen LogP contribution in [0.1, 0.15) is 15.2 Å². The highest BCUT2D eigenvalue weighted by molar-refractivity contribution is 9.10. The third-order valence-corrected chi connectivity index (χ3v) is 4.67. The van der Waals surface area contributed by atoms with E-state index < -0.39 is 0 Å². The van der Waals surface area contributed by atoms with E-state index in [4.69, 9.17) is 5.73 Å². The van der Waals surface area contributed by atoms with E-state index in [0.29, 0.717) is 17.8 Å². The Bertz CT molecular complexity index is 583. The molecule has 3 nitrogen and oxygen atoms in total. The monoisotopic (exact) mass is 388 g/mol. The maximum atomic E-state index is 12.0. The van der Waals surface area contributed by atoms with E-state index in [-0.39, 0.29) is 5.91 Å². The molecule has 0 bridgehead atoms. The average molecular weight is 390 g/mol. The van der Waals surface area contributed by atoms with Crippen LogP contribution in [0.25, 0.3) is 0 Å². The molecule has 2 aromatic rings. The van der Waals surface area contributed by atoms with Gasteiger partial charge in [0.05, 0.1) is 12.1 Å². The maximum Gasteiger partial charge on any atom is 0.252 e. The van der Waals surface area contributed by atoms with Crippen LogP contribution in [0.4, 0.5) is 5.69 Å². The molecule has 2 rings (SSSR count). The largest absolute Gasteiger partial charge is 0.399 e. The Labute approximate surface area is 126 Å². The smallest absolute Gasteiger partial charge is 0.252 e. The Kier molecular flexibility index (Phi) is 4.42. The fourth-order valence-corrected chi connectivity index (χ4v) is 3.24. The van der Waals surface area contributed by atoms with Gasteiger partial charge in [0, 0.05) is 24.9 Å². The number of nitrogen functional groups attached to an aromatic ring is 1. The van der Waals surface area contributed by atoms with Crippen molar-refractivity contribution in [3.8, 4) is 0 Å². The van der Waals surface area contributed by atoms with Gasteiger partial charge in [-0.1, -0.05) is 0 Å². The second-order valence-electron chi connectivity index (χ2n) is 3.65. The van der Waals surface area contributed by atoms with E-state index in [1.165, 1.54) is 0 Å². The first-order chi connectivity index (χ1) is 8.56. The van der Waals surface area contributed by atoms with Crippen molar-refractivity contribution in [2.75, 3.05) is 5.73 Å². The molecule has 0 aliphatic carbocycles. The second kappa shape index (κ2) is 5.86. The van der Waals surface area contributed by atoms with E-state index in [2.05, 4.69) is 37.2 Å². The summed E-state index contributed by atoms with van der Waals surface area (Å²) in [6.45, 7) is 0.510. The van der Waals surface area contributed by atoms with Gasteiger partial charge in [-0.25, -0.2) is 0 Å². The average Bonchev–Trinajstić information content (AvgIpc) is 2.75. The number of benzene rings is 1. The molecular weight excluding hydrogens is 380 g/mol. The van der Waals surface area contributed by atoms with Crippen molar-refractivity contribution in [3.63, 3.8) is 0 Å². The summed E-state index contributed by atoms with van der Waals surface area (Å²) in [7, 11) is 0. The van der Waals surface area contributed by atoms with E-state index >= 15 is 0 Å². The molecule has 3 N–H and O–H groups in total. The number of hydrogen-bond acceptors (Lipinski definition) is 3. The number of amides is 1. The van der Waals surface area contributed by atoms with Gasteiger partial charge in [0.1, 0.15) is 0 Å². The highest BCUT2D eigenvalue weighted by Crippen LogP contribution is 2.21. The number of rotatable bonds is 3. The predicted molar refractivity (Wildman–Crippen MR) is 81.7 cm³/mol. The van der Waals surface area contributed by atoms with E-state index in [0.717, 1.165) is 13.8 Å². The van der Waals surface area contributed by atoms with Gasteiger partial charge in [0.15, 0.2) is 0 Å². The molecule has 0 aliphatic heterocycles. The lowest BCUT2D eigenvalue weighted by Gasteiger charge is -2.06. The minimum atomic E-state index is -0.140. The van der Waals surface area contributed by atoms with Crippen molar-refractivity contribution in [1.82, 2.24) is 5.32 Å². The number of thiophene rings is 1. The molecule has 1 heterocycles. The van der Waals surface area contributed by atoms with Crippen molar-refractivity contribution >= 4 is 54.8 Å². The van der Waals surface area contributed by atoms with Gasteiger partial charge in [-0.15, -0.1) is 11.3 Å². The molecule has 1 aromatic heterocycles. The number of carbonyl (C=O) groups excluding carboxylic acids is 1. The first kappa shape index (κ1) is 13.6. The third kappa shape index (κ3) is 3.34. The summed E-state index contributed by atoms with van der Waals surface area (Å²) in [5, 5.41) is 4.85. The molecule has 0 aliphatic rings. The fourth-order valence-electron chi connectivity index (χ4n) is 1.43. The topological polar surface area (TPSA) is 55.1 Å². The Morgan fingerprint density at radius 1 is 1.33 bits per heavy atom.